The van der Waals surface area contributed by atoms with Crippen molar-refractivity contribution in [2.45, 2.75) is 32.2 Å². The quantitative estimate of drug-likeness (QED) is 0.788. The first kappa shape index (κ1) is 10.0. The third-order valence-electron chi connectivity index (χ3n) is 2.94. The molecule has 2 rings (SSSR count). The van der Waals surface area contributed by atoms with E-state index in [1.807, 2.05) is 6.07 Å². The maximum atomic E-state index is 6.18. The smallest absolute Gasteiger partial charge is 0.0441 e. The fourth-order valence-electron chi connectivity index (χ4n) is 2.22. The van der Waals surface area contributed by atoms with Crippen molar-refractivity contribution in [3.8, 4) is 0 Å². The second kappa shape index (κ2) is 4.33. The third kappa shape index (κ3) is 1.79. The van der Waals surface area contributed by atoms with E-state index in [9.17, 15) is 0 Å². The highest BCUT2D eigenvalue weighted by Crippen LogP contribution is 2.30. The summed E-state index contributed by atoms with van der Waals surface area (Å²) in [6.45, 7) is 3.31. The normalized spacial score (nSPS) is 21.4. The van der Waals surface area contributed by atoms with Crippen LogP contribution >= 0.6 is 11.6 Å². The summed E-state index contributed by atoms with van der Waals surface area (Å²) >= 11 is 6.18. The highest BCUT2D eigenvalue weighted by Gasteiger charge is 2.19. The van der Waals surface area contributed by atoms with E-state index in [0.29, 0.717) is 6.04 Å². The summed E-state index contributed by atoms with van der Waals surface area (Å²) < 4.78 is 0. The fourth-order valence-corrected chi connectivity index (χ4v) is 2.54. The lowest BCUT2D eigenvalue weighted by molar-refractivity contribution is 0.641. The minimum Gasteiger partial charge on any atom is -0.310 e. The van der Waals surface area contributed by atoms with Crippen LogP contribution in [0.2, 0.25) is 5.02 Å². The lowest BCUT2D eigenvalue weighted by atomic mass is 9.97. The zero-order valence-electron chi connectivity index (χ0n) is 8.52. The lowest BCUT2D eigenvalue weighted by Crippen LogP contribution is -2.14. The molecule has 1 heterocycles. The van der Waals surface area contributed by atoms with Gasteiger partial charge in [0.2, 0.25) is 0 Å². The summed E-state index contributed by atoms with van der Waals surface area (Å²) in [5.74, 6) is 0. The van der Waals surface area contributed by atoms with Crippen molar-refractivity contribution in [3.63, 3.8) is 0 Å². The average Bonchev–Trinajstić information content (AvgIpc) is 2.70. The van der Waals surface area contributed by atoms with E-state index in [0.717, 1.165) is 18.0 Å². The number of rotatable bonds is 2. The first-order valence-corrected chi connectivity index (χ1v) is 5.71. The molecule has 1 aromatic rings. The molecule has 1 saturated heterocycles. The molecular weight excluding hydrogens is 194 g/mol. The van der Waals surface area contributed by atoms with E-state index >= 15 is 0 Å². The van der Waals surface area contributed by atoms with Crippen LogP contribution in [0, 0.1) is 0 Å². The van der Waals surface area contributed by atoms with Gasteiger partial charge in [0, 0.05) is 11.1 Å². The minimum atomic E-state index is 0.531. The molecule has 1 aromatic carbocycles. The van der Waals surface area contributed by atoms with Crippen molar-refractivity contribution in [2.24, 2.45) is 0 Å². The number of hydrogen-bond donors (Lipinski definition) is 1. The van der Waals surface area contributed by atoms with Crippen molar-refractivity contribution in [1.82, 2.24) is 5.32 Å². The SMILES string of the molecule is CCc1c(Cl)cccc1C1CCCN1. The van der Waals surface area contributed by atoms with Gasteiger partial charge in [-0.15, -0.1) is 0 Å². The molecule has 0 aliphatic carbocycles. The Balaban J connectivity index is 2.35. The summed E-state index contributed by atoms with van der Waals surface area (Å²) in [4.78, 5) is 0. The van der Waals surface area contributed by atoms with Gasteiger partial charge in [-0.05, 0) is 43.0 Å². The van der Waals surface area contributed by atoms with Gasteiger partial charge in [-0.25, -0.2) is 0 Å². The fraction of sp³-hybridized carbons (Fsp3) is 0.500. The molecule has 1 unspecified atom stereocenters. The van der Waals surface area contributed by atoms with Gasteiger partial charge in [0.25, 0.3) is 0 Å². The maximum absolute atomic E-state index is 6.18. The highest BCUT2D eigenvalue weighted by atomic mass is 35.5. The number of nitrogens with one attached hydrogen (secondary N) is 1. The number of benzene rings is 1. The summed E-state index contributed by atoms with van der Waals surface area (Å²) in [5.41, 5.74) is 2.71. The number of halogens is 1. The molecular formula is C12H16ClN. The molecule has 1 fully saturated rings. The van der Waals surface area contributed by atoms with Crippen molar-refractivity contribution in [1.29, 1.82) is 0 Å². The molecule has 1 N–H and O–H groups in total. The number of hydrogen-bond acceptors (Lipinski definition) is 1. The van der Waals surface area contributed by atoms with Gasteiger partial charge in [0.05, 0.1) is 0 Å². The zero-order valence-corrected chi connectivity index (χ0v) is 9.27. The molecule has 0 aromatic heterocycles. The molecule has 1 aliphatic rings. The molecule has 1 aliphatic heterocycles. The Morgan fingerprint density at radius 3 is 3.00 bits per heavy atom. The molecule has 0 bridgehead atoms. The van der Waals surface area contributed by atoms with Crippen LogP contribution in [0.3, 0.4) is 0 Å². The van der Waals surface area contributed by atoms with Crippen molar-refractivity contribution >= 4 is 11.6 Å². The van der Waals surface area contributed by atoms with Gasteiger partial charge in [-0.1, -0.05) is 30.7 Å². The Kier molecular flexibility index (Phi) is 3.09. The van der Waals surface area contributed by atoms with Crippen LogP contribution in [0.1, 0.15) is 36.9 Å². The van der Waals surface area contributed by atoms with Crippen molar-refractivity contribution in [3.05, 3.63) is 34.3 Å². The Bertz CT molecular complexity index is 316. The molecule has 0 amide bonds. The topological polar surface area (TPSA) is 12.0 Å². The van der Waals surface area contributed by atoms with Crippen LogP contribution < -0.4 is 5.32 Å². The van der Waals surface area contributed by atoms with Gasteiger partial charge >= 0.3 is 0 Å². The second-order valence-corrected chi connectivity index (χ2v) is 4.22. The molecule has 76 valence electrons. The summed E-state index contributed by atoms with van der Waals surface area (Å²) in [7, 11) is 0. The van der Waals surface area contributed by atoms with Crippen LogP contribution in [0.5, 0.6) is 0 Å². The lowest BCUT2D eigenvalue weighted by Gasteiger charge is -2.16. The largest absolute Gasteiger partial charge is 0.310 e. The van der Waals surface area contributed by atoms with Crippen LogP contribution in [0.15, 0.2) is 18.2 Å². The van der Waals surface area contributed by atoms with Crippen molar-refractivity contribution < 1.29 is 0 Å². The van der Waals surface area contributed by atoms with E-state index in [2.05, 4.69) is 24.4 Å². The molecule has 0 spiro atoms. The summed E-state index contributed by atoms with van der Waals surface area (Å²) in [5, 5.41) is 4.43. The van der Waals surface area contributed by atoms with Crippen molar-refractivity contribution in [2.75, 3.05) is 6.54 Å². The van der Waals surface area contributed by atoms with Gasteiger partial charge in [0.1, 0.15) is 0 Å². The molecule has 1 atom stereocenters. The Morgan fingerprint density at radius 2 is 2.36 bits per heavy atom. The standard InChI is InChI=1S/C12H16ClN/c1-2-9-10(5-3-6-11(9)13)12-7-4-8-14-12/h3,5-6,12,14H,2,4,7-8H2,1H3. The first-order chi connectivity index (χ1) is 6.83. The van der Waals surface area contributed by atoms with E-state index in [1.54, 1.807) is 0 Å². The predicted molar refractivity (Wildman–Crippen MR) is 60.8 cm³/mol. The maximum Gasteiger partial charge on any atom is 0.0441 e. The molecule has 2 heteroatoms. The molecule has 1 nitrogen and oxygen atoms in total. The molecule has 0 saturated carbocycles. The minimum absolute atomic E-state index is 0.531. The van der Waals surface area contributed by atoms with Gasteiger partial charge in [-0.3, -0.25) is 0 Å². The van der Waals surface area contributed by atoms with Gasteiger partial charge in [-0.2, -0.15) is 0 Å². The average molecular weight is 210 g/mol. The van der Waals surface area contributed by atoms with Crippen LogP contribution in [0.4, 0.5) is 0 Å². The second-order valence-electron chi connectivity index (χ2n) is 3.81. The van der Waals surface area contributed by atoms with Crippen LogP contribution in [-0.4, -0.2) is 6.54 Å². The van der Waals surface area contributed by atoms with Gasteiger partial charge in [0.15, 0.2) is 0 Å². The van der Waals surface area contributed by atoms with Gasteiger partial charge < -0.3 is 5.32 Å². The Morgan fingerprint density at radius 1 is 1.50 bits per heavy atom. The predicted octanol–water partition coefficient (Wildman–Crippen LogP) is 3.33. The summed E-state index contributed by atoms with van der Waals surface area (Å²) in [6.07, 6.45) is 3.54. The molecule has 14 heavy (non-hydrogen) atoms. The third-order valence-corrected chi connectivity index (χ3v) is 3.30. The Labute approximate surface area is 90.5 Å². The molecule has 0 radical (unpaired) electrons. The van der Waals surface area contributed by atoms with E-state index in [1.165, 1.54) is 24.0 Å². The zero-order chi connectivity index (χ0) is 9.97. The van der Waals surface area contributed by atoms with E-state index in [4.69, 9.17) is 11.6 Å². The first-order valence-electron chi connectivity index (χ1n) is 5.33. The van der Waals surface area contributed by atoms with Crippen LogP contribution in [-0.2, 0) is 6.42 Å². The highest BCUT2D eigenvalue weighted by molar-refractivity contribution is 6.31. The van der Waals surface area contributed by atoms with E-state index < -0.39 is 0 Å². The monoisotopic (exact) mass is 209 g/mol. The van der Waals surface area contributed by atoms with Crippen LogP contribution in [0.25, 0.3) is 0 Å². The van der Waals surface area contributed by atoms with E-state index in [-0.39, 0.29) is 0 Å². The summed E-state index contributed by atoms with van der Waals surface area (Å²) in [6, 6.07) is 6.77. The Hall–Kier alpha value is -0.530.